The molecule has 0 radical (unpaired) electrons. The lowest BCUT2D eigenvalue weighted by Gasteiger charge is -2.03. The van der Waals surface area contributed by atoms with Gasteiger partial charge in [0.15, 0.2) is 15.6 Å². The van der Waals surface area contributed by atoms with E-state index in [2.05, 4.69) is 0 Å². The second-order valence-corrected chi connectivity index (χ2v) is 6.98. The number of halogens is 1. The van der Waals surface area contributed by atoms with Crippen LogP contribution in [0.25, 0.3) is 0 Å². The first-order valence-corrected chi connectivity index (χ1v) is 8.21. The summed E-state index contributed by atoms with van der Waals surface area (Å²) in [6, 6.07) is 13.0. The van der Waals surface area contributed by atoms with Gasteiger partial charge >= 0.3 is 0 Å². The third-order valence-electron chi connectivity index (χ3n) is 2.88. The molecular formula is C15H13ClO3S. The molecule has 0 saturated heterocycles. The van der Waals surface area contributed by atoms with Gasteiger partial charge in [0.05, 0.1) is 4.90 Å². The quantitative estimate of drug-likeness (QED) is 0.815. The Morgan fingerprint density at radius 3 is 2.05 bits per heavy atom. The lowest BCUT2D eigenvalue weighted by Crippen LogP contribution is -2.04. The van der Waals surface area contributed by atoms with Gasteiger partial charge in [-0.3, -0.25) is 4.79 Å². The van der Waals surface area contributed by atoms with E-state index in [0.717, 1.165) is 11.8 Å². The monoisotopic (exact) mass is 308 g/mol. The van der Waals surface area contributed by atoms with Gasteiger partial charge in [-0.15, -0.1) is 0 Å². The van der Waals surface area contributed by atoms with Gasteiger partial charge < -0.3 is 0 Å². The lowest BCUT2D eigenvalue weighted by molar-refractivity contribution is 0.0993. The van der Waals surface area contributed by atoms with E-state index in [4.69, 9.17) is 11.6 Å². The first kappa shape index (κ1) is 14.8. The number of sulfone groups is 1. The van der Waals surface area contributed by atoms with Crippen LogP contribution in [0.3, 0.4) is 0 Å². The molecule has 0 fully saturated rings. The van der Waals surface area contributed by atoms with Crippen LogP contribution in [-0.2, 0) is 16.3 Å². The maximum Gasteiger partial charge on any atom is 0.175 e. The summed E-state index contributed by atoms with van der Waals surface area (Å²) in [6.07, 6.45) is 1.40. The summed E-state index contributed by atoms with van der Waals surface area (Å²) in [7, 11) is -3.23. The van der Waals surface area contributed by atoms with Crippen molar-refractivity contribution in [2.24, 2.45) is 0 Å². The number of hydrogen-bond acceptors (Lipinski definition) is 3. The van der Waals surface area contributed by atoms with Gasteiger partial charge in [-0.1, -0.05) is 35.9 Å². The average molecular weight is 309 g/mol. The molecule has 0 heterocycles. The van der Waals surface area contributed by atoms with Crippen LogP contribution in [0.2, 0.25) is 5.02 Å². The Kier molecular flexibility index (Phi) is 4.26. The van der Waals surface area contributed by atoms with Crippen molar-refractivity contribution in [3.05, 3.63) is 64.7 Å². The SMILES string of the molecule is CS(=O)(=O)c1ccc(C(=O)Cc2ccc(Cl)cc2)cc1. The van der Waals surface area contributed by atoms with E-state index in [-0.39, 0.29) is 17.1 Å². The molecule has 0 aromatic heterocycles. The molecule has 0 N–H and O–H groups in total. The van der Waals surface area contributed by atoms with Crippen LogP contribution in [0.1, 0.15) is 15.9 Å². The van der Waals surface area contributed by atoms with Crippen molar-refractivity contribution < 1.29 is 13.2 Å². The molecule has 0 atom stereocenters. The minimum absolute atomic E-state index is 0.0626. The van der Waals surface area contributed by atoms with Crippen molar-refractivity contribution in [2.75, 3.05) is 6.26 Å². The predicted molar refractivity (Wildman–Crippen MR) is 79.0 cm³/mol. The zero-order valence-electron chi connectivity index (χ0n) is 10.8. The molecule has 0 spiro atoms. The van der Waals surface area contributed by atoms with Crippen LogP contribution in [0.5, 0.6) is 0 Å². The number of Topliss-reactive ketones (excluding diaryl/α,β-unsaturated/α-hetero) is 1. The Hall–Kier alpha value is -1.65. The number of rotatable bonds is 4. The highest BCUT2D eigenvalue weighted by atomic mass is 35.5. The number of ketones is 1. The minimum atomic E-state index is -3.23. The molecule has 104 valence electrons. The van der Waals surface area contributed by atoms with Crippen LogP contribution in [0.15, 0.2) is 53.4 Å². The topological polar surface area (TPSA) is 51.2 Å². The van der Waals surface area contributed by atoms with Crippen LogP contribution in [0, 0.1) is 0 Å². The Balaban J connectivity index is 2.15. The van der Waals surface area contributed by atoms with Crippen molar-refractivity contribution >= 4 is 27.2 Å². The molecule has 3 nitrogen and oxygen atoms in total. The summed E-state index contributed by atoms with van der Waals surface area (Å²) in [5.41, 5.74) is 1.36. The molecule has 0 aliphatic rings. The molecule has 2 rings (SSSR count). The fourth-order valence-corrected chi connectivity index (χ4v) is 2.53. The molecule has 2 aromatic carbocycles. The Morgan fingerprint density at radius 2 is 1.55 bits per heavy atom. The number of hydrogen-bond donors (Lipinski definition) is 0. The summed E-state index contributed by atoms with van der Waals surface area (Å²) < 4.78 is 22.7. The van der Waals surface area contributed by atoms with Crippen molar-refractivity contribution in [3.8, 4) is 0 Å². The Morgan fingerprint density at radius 1 is 1.00 bits per heavy atom. The molecule has 0 saturated carbocycles. The first-order chi connectivity index (χ1) is 9.36. The van der Waals surface area contributed by atoms with Gasteiger partial charge in [0.1, 0.15) is 0 Å². The highest BCUT2D eigenvalue weighted by Gasteiger charge is 2.10. The van der Waals surface area contributed by atoms with Crippen LogP contribution in [0.4, 0.5) is 0 Å². The number of benzene rings is 2. The van der Waals surface area contributed by atoms with Crippen molar-refractivity contribution in [1.82, 2.24) is 0 Å². The maximum atomic E-state index is 12.1. The van der Waals surface area contributed by atoms with E-state index >= 15 is 0 Å². The Bertz CT molecular complexity index is 717. The molecule has 0 aliphatic heterocycles. The van der Waals surface area contributed by atoms with E-state index in [1.54, 1.807) is 24.3 Å². The van der Waals surface area contributed by atoms with E-state index in [0.29, 0.717) is 10.6 Å². The van der Waals surface area contributed by atoms with Gasteiger partial charge in [-0.05, 0) is 29.8 Å². The Labute approximate surface area is 123 Å². The minimum Gasteiger partial charge on any atom is -0.294 e. The fraction of sp³-hybridized carbons (Fsp3) is 0.133. The molecule has 0 aliphatic carbocycles. The lowest BCUT2D eigenvalue weighted by atomic mass is 10.0. The molecule has 0 unspecified atom stereocenters. The standard InChI is InChI=1S/C15H13ClO3S/c1-20(18,19)14-8-4-12(5-9-14)15(17)10-11-2-6-13(16)7-3-11/h2-9H,10H2,1H3. The van der Waals surface area contributed by atoms with Crippen molar-refractivity contribution in [3.63, 3.8) is 0 Å². The summed E-state index contributed by atoms with van der Waals surface area (Å²) in [5.74, 6) is -0.0626. The summed E-state index contributed by atoms with van der Waals surface area (Å²) in [5, 5.41) is 0.624. The molecule has 0 bridgehead atoms. The first-order valence-electron chi connectivity index (χ1n) is 5.94. The maximum absolute atomic E-state index is 12.1. The summed E-state index contributed by atoms with van der Waals surface area (Å²) in [6.45, 7) is 0. The number of carbonyl (C=O) groups is 1. The van der Waals surface area contributed by atoms with E-state index < -0.39 is 9.84 Å². The van der Waals surface area contributed by atoms with Gasteiger partial charge in [0, 0.05) is 23.3 Å². The molecule has 20 heavy (non-hydrogen) atoms. The van der Waals surface area contributed by atoms with Gasteiger partial charge in [-0.2, -0.15) is 0 Å². The van der Waals surface area contributed by atoms with E-state index in [9.17, 15) is 13.2 Å². The van der Waals surface area contributed by atoms with Gasteiger partial charge in [-0.25, -0.2) is 8.42 Å². The highest BCUT2D eigenvalue weighted by Crippen LogP contribution is 2.14. The number of carbonyl (C=O) groups excluding carboxylic acids is 1. The van der Waals surface area contributed by atoms with Crippen molar-refractivity contribution in [2.45, 2.75) is 11.3 Å². The zero-order valence-corrected chi connectivity index (χ0v) is 12.4. The molecule has 5 heteroatoms. The van der Waals surface area contributed by atoms with Crippen molar-refractivity contribution in [1.29, 1.82) is 0 Å². The molecule has 0 amide bonds. The third kappa shape index (κ3) is 3.68. The molecular weight excluding hydrogens is 296 g/mol. The largest absolute Gasteiger partial charge is 0.294 e. The van der Waals surface area contributed by atoms with Crippen LogP contribution in [-0.4, -0.2) is 20.5 Å². The predicted octanol–water partition coefficient (Wildman–Crippen LogP) is 3.17. The van der Waals surface area contributed by atoms with Crippen LogP contribution >= 0.6 is 11.6 Å². The second-order valence-electron chi connectivity index (χ2n) is 4.52. The highest BCUT2D eigenvalue weighted by molar-refractivity contribution is 7.90. The normalized spacial score (nSPS) is 11.3. The zero-order chi connectivity index (χ0) is 14.8. The fourth-order valence-electron chi connectivity index (χ4n) is 1.78. The van der Waals surface area contributed by atoms with Gasteiger partial charge in [0.25, 0.3) is 0 Å². The van der Waals surface area contributed by atoms with E-state index in [1.807, 2.05) is 0 Å². The summed E-state index contributed by atoms with van der Waals surface area (Å²) >= 11 is 5.78. The van der Waals surface area contributed by atoms with Gasteiger partial charge in [0.2, 0.25) is 0 Å². The molecule has 2 aromatic rings. The second kappa shape index (κ2) is 5.77. The van der Waals surface area contributed by atoms with Crippen LogP contribution < -0.4 is 0 Å². The summed E-state index contributed by atoms with van der Waals surface area (Å²) in [4.78, 5) is 12.3. The average Bonchev–Trinajstić information content (AvgIpc) is 2.40. The van der Waals surface area contributed by atoms with E-state index in [1.165, 1.54) is 24.3 Å². The smallest absolute Gasteiger partial charge is 0.175 e. The third-order valence-corrected chi connectivity index (χ3v) is 4.26.